The van der Waals surface area contributed by atoms with E-state index < -0.39 is 46.9 Å². The van der Waals surface area contributed by atoms with E-state index in [1.54, 1.807) is 14.2 Å². The molecule has 4 atom stereocenters. The number of nitrogens with one attached hydrogen (secondary N) is 6. The third-order valence-electron chi connectivity index (χ3n) is 9.40. The lowest BCUT2D eigenvalue weighted by molar-refractivity contribution is -0.122. The molecule has 284 valence electrons. The van der Waals surface area contributed by atoms with Gasteiger partial charge in [-0.1, -0.05) is 24.3 Å². The number of halogens is 2. The molecule has 12 nitrogen and oxygen atoms in total. The van der Waals surface area contributed by atoms with Gasteiger partial charge in [0.15, 0.2) is 0 Å². The number of rotatable bonds is 8. The highest BCUT2D eigenvalue weighted by atomic mass is 19.1. The van der Waals surface area contributed by atoms with Gasteiger partial charge in [-0.3, -0.25) is 9.59 Å². The number of hydrogen-bond donors (Lipinski definition) is 6. The van der Waals surface area contributed by atoms with Crippen LogP contribution < -0.4 is 41.4 Å². The molecule has 54 heavy (non-hydrogen) atoms. The smallest absolute Gasteiger partial charge is 0.319 e. The average Bonchev–Trinajstić information content (AvgIpc) is 3.50. The SMILES string of the molecule is COc1ccc([C@H]2[C@H](NC(=O)Nc3ccc(F)cc3)C(=O)NC2(C)C)cc1.COc1ccc([C@H]2[C@H](NC(=O)Nc3ccc(F)cc3)C(=O)NC2(C)C)cc1. The van der Waals surface area contributed by atoms with Gasteiger partial charge in [0, 0.05) is 34.3 Å². The molecule has 2 aliphatic heterocycles. The van der Waals surface area contributed by atoms with Gasteiger partial charge in [0.1, 0.15) is 35.2 Å². The zero-order chi connectivity index (χ0) is 39.2. The van der Waals surface area contributed by atoms with Gasteiger partial charge in [-0.25, -0.2) is 18.4 Å². The number of urea groups is 2. The number of methoxy groups -OCH3 is 2. The van der Waals surface area contributed by atoms with E-state index in [9.17, 15) is 28.0 Å². The van der Waals surface area contributed by atoms with Crippen LogP contribution in [0.4, 0.5) is 29.7 Å². The van der Waals surface area contributed by atoms with Crippen LogP contribution in [-0.2, 0) is 9.59 Å². The van der Waals surface area contributed by atoms with Crippen LogP contribution in [0.5, 0.6) is 11.5 Å². The zero-order valence-corrected chi connectivity index (χ0v) is 30.8. The summed E-state index contributed by atoms with van der Waals surface area (Å²) in [6.45, 7) is 7.66. The standard InChI is InChI=1S/2C20H22FN3O3/c2*1-20(2)16(12-4-10-15(27-3)11-5-12)17(18(25)24-20)23-19(26)22-14-8-6-13(21)7-9-14/h2*4-11,16-17H,1-3H3,(H,24,25)(H2,22,23,26)/t2*16-,17-/m00/s1. The average molecular weight is 743 g/mol. The van der Waals surface area contributed by atoms with Crippen LogP contribution in [-0.4, -0.2) is 61.3 Å². The molecular formula is C40H44F2N6O6. The number of hydrogen-bond acceptors (Lipinski definition) is 6. The van der Waals surface area contributed by atoms with Gasteiger partial charge in [-0.05, 0) is 112 Å². The Bertz CT molecular complexity index is 1810. The molecule has 0 spiro atoms. The molecule has 6 amide bonds. The summed E-state index contributed by atoms with van der Waals surface area (Å²) in [7, 11) is 3.17. The molecule has 0 aromatic heterocycles. The summed E-state index contributed by atoms with van der Waals surface area (Å²) >= 11 is 0. The molecule has 0 saturated carbocycles. The van der Waals surface area contributed by atoms with Crippen molar-refractivity contribution in [3.8, 4) is 11.5 Å². The lowest BCUT2D eigenvalue weighted by Crippen LogP contribution is -2.45. The monoisotopic (exact) mass is 742 g/mol. The van der Waals surface area contributed by atoms with E-state index in [1.165, 1.54) is 48.5 Å². The first-order chi connectivity index (χ1) is 25.6. The van der Waals surface area contributed by atoms with E-state index in [-0.39, 0.29) is 23.7 Å². The highest BCUT2D eigenvalue weighted by Gasteiger charge is 2.50. The Hall–Kier alpha value is -6.18. The second-order valence-electron chi connectivity index (χ2n) is 14.1. The van der Waals surface area contributed by atoms with Crippen LogP contribution in [0.3, 0.4) is 0 Å². The first kappa shape index (κ1) is 39.0. The van der Waals surface area contributed by atoms with Gasteiger partial charge in [-0.2, -0.15) is 0 Å². The largest absolute Gasteiger partial charge is 0.497 e. The van der Waals surface area contributed by atoms with Crippen LogP contribution in [0.2, 0.25) is 0 Å². The van der Waals surface area contributed by atoms with Crippen LogP contribution in [0, 0.1) is 11.6 Å². The van der Waals surface area contributed by atoms with Gasteiger partial charge >= 0.3 is 12.1 Å². The molecule has 0 bridgehead atoms. The summed E-state index contributed by atoms with van der Waals surface area (Å²) in [6, 6.07) is 23.1. The highest BCUT2D eigenvalue weighted by Crippen LogP contribution is 2.38. The molecule has 14 heteroatoms. The van der Waals surface area contributed by atoms with Crippen molar-refractivity contribution in [2.24, 2.45) is 0 Å². The van der Waals surface area contributed by atoms with Gasteiger partial charge in [-0.15, -0.1) is 0 Å². The van der Waals surface area contributed by atoms with Crippen molar-refractivity contribution in [3.63, 3.8) is 0 Å². The summed E-state index contributed by atoms with van der Waals surface area (Å²) in [5.41, 5.74) is 1.61. The third kappa shape index (κ3) is 9.24. The molecule has 4 aromatic carbocycles. The van der Waals surface area contributed by atoms with E-state index in [4.69, 9.17) is 9.47 Å². The number of amides is 6. The molecule has 2 fully saturated rings. The molecule has 2 heterocycles. The lowest BCUT2D eigenvalue weighted by Gasteiger charge is -2.29. The third-order valence-corrected chi connectivity index (χ3v) is 9.40. The number of anilines is 2. The van der Waals surface area contributed by atoms with Crippen LogP contribution in [0.15, 0.2) is 97.1 Å². The van der Waals surface area contributed by atoms with Crippen LogP contribution >= 0.6 is 0 Å². The lowest BCUT2D eigenvalue weighted by atomic mass is 9.80. The fraction of sp³-hybridized carbons (Fsp3) is 0.300. The van der Waals surface area contributed by atoms with Crippen molar-refractivity contribution in [3.05, 3.63) is 120 Å². The maximum Gasteiger partial charge on any atom is 0.319 e. The van der Waals surface area contributed by atoms with Gasteiger partial charge in [0.05, 0.1) is 14.2 Å². The van der Waals surface area contributed by atoms with Gasteiger partial charge in [0.25, 0.3) is 0 Å². The Morgan fingerprint density at radius 2 is 0.870 bits per heavy atom. The summed E-state index contributed by atoms with van der Waals surface area (Å²) < 4.78 is 36.3. The van der Waals surface area contributed by atoms with Crippen LogP contribution in [0.1, 0.15) is 50.7 Å². The minimum Gasteiger partial charge on any atom is -0.497 e. The van der Waals surface area contributed by atoms with Crippen molar-refractivity contribution in [2.75, 3.05) is 24.9 Å². The van der Waals surface area contributed by atoms with E-state index in [2.05, 4.69) is 31.9 Å². The first-order valence-electron chi connectivity index (χ1n) is 17.2. The minimum absolute atomic E-state index is 0.255. The molecule has 2 saturated heterocycles. The second-order valence-corrected chi connectivity index (χ2v) is 14.1. The molecule has 6 N–H and O–H groups in total. The zero-order valence-electron chi connectivity index (χ0n) is 30.8. The minimum atomic E-state index is -0.742. The molecular weight excluding hydrogens is 698 g/mol. The van der Waals surface area contributed by atoms with Crippen molar-refractivity contribution >= 4 is 35.3 Å². The fourth-order valence-corrected chi connectivity index (χ4v) is 6.90. The second kappa shape index (κ2) is 16.2. The van der Waals surface area contributed by atoms with Gasteiger partial charge in [0.2, 0.25) is 11.8 Å². The number of benzene rings is 4. The van der Waals surface area contributed by atoms with E-state index in [0.717, 1.165) is 11.1 Å². The Balaban J connectivity index is 0.000000208. The summed E-state index contributed by atoms with van der Waals surface area (Å²) in [5, 5.41) is 16.6. The Kier molecular flexibility index (Phi) is 11.7. The Morgan fingerprint density at radius 1 is 0.556 bits per heavy atom. The van der Waals surface area contributed by atoms with E-state index in [0.29, 0.717) is 22.9 Å². The van der Waals surface area contributed by atoms with Crippen molar-refractivity contribution in [2.45, 2.75) is 62.7 Å². The number of ether oxygens (including phenoxy) is 2. The first-order valence-corrected chi connectivity index (χ1v) is 17.2. The van der Waals surface area contributed by atoms with Gasteiger partial charge < -0.3 is 41.4 Å². The van der Waals surface area contributed by atoms with Crippen molar-refractivity contribution in [1.29, 1.82) is 0 Å². The summed E-state index contributed by atoms with van der Waals surface area (Å²) in [6.07, 6.45) is 0. The highest BCUT2D eigenvalue weighted by molar-refractivity contribution is 5.97. The maximum absolute atomic E-state index is 13.0. The fourth-order valence-electron chi connectivity index (χ4n) is 6.90. The molecule has 0 aliphatic carbocycles. The van der Waals surface area contributed by atoms with E-state index in [1.807, 2.05) is 76.2 Å². The van der Waals surface area contributed by atoms with E-state index >= 15 is 0 Å². The van der Waals surface area contributed by atoms with Crippen molar-refractivity contribution < 1.29 is 37.4 Å². The normalized spacial score (nSPS) is 20.7. The summed E-state index contributed by atoms with van der Waals surface area (Å²) in [4.78, 5) is 49.7. The Morgan fingerprint density at radius 3 is 1.17 bits per heavy atom. The molecule has 2 aliphatic rings. The predicted molar refractivity (Wildman–Crippen MR) is 201 cm³/mol. The number of carbonyl (C=O) groups excluding carboxylic acids is 4. The molecule has 0 radical (unpaired) electrons. The number of carbonyl (C=O) groups is 4. The van der Waals surface area contributed by atoms with Crippen molar-refractivity contribution in [1.82, 2.24) is 21.3 Å². The summed E-state index contributed by atoms with van der Waals surface area (Å²) in [5.74, 6) is -0.399. The molecule has 4 aromatic rings. The predicted octanol–water partition coefficient (Wildman–Crippen LogP) is 6.03. The molecule has 6 rings (SSSR count). The molecule has 0 unspecified atom stereocenters. The quantitative estimate of drug-likeness (QED) is 0.129. The topological polar surface area (TPSA) is 159 Å². The van der Waals surface area contributed by atoms with Crippen LogP contribution in [0.25, 0.3) is 0 Å². The maximum atomic E-state index is 13.0. The Labute approximate surface area is 312 Å².